The highest BCUT2D eigenvalue weighted by Crippen LogP contribution is 2.14. The van der Waals surface area contributed by atoms with E-state index in [0.717, 1.165) is 23.2 Å². The van der Waals surface area contributed by atoms with Crippen LogP contribution in [0.3, 0.4) is 0 Å². The van der Waals surface area contributed by atoms with Crippen molar-refractivity contribution in [2.45, 2.75) is 20.4 Å². The Balaban J connectivity index is 2.18. The number of hydrogen-bond acceptors (Lipinski definition) is 2. The molecule has 0 aliphatic heterocycles. The molecule has 0 fully saturated rings. The molecule has 0 unspecified atom stereocenters. The summed E-state index contributed by atoms with van der Waals surface area (Å²) in [5.41, 5.74) is 0.931. The van der Waals surface area contributed by atoms with E-state index in [1.54, 1.807) is 0 Å². The Hall–Kier alpha value is -0.450. The number of nitrogens with one attached hydrogen (secondary N) is 1. The van der Waals surface area contributed by atoms with Gasteiger partial charge in [0.1, 0.15) is 5.82 Å². The molecule has 1 aromatic carbocycles. The minimum Gasteiger partial charge on any atom is -0.380 e. The smallest absolute Gasteiger partial charge is 0.124 e. The van der Waals surface area contributed by atoms with Crippen molar-refractivity contribution in [1.29, 1.82) is 0 Å². The summed E-state index contributed by atoms with van der Waals surface area (Å²) in [7, 11) is 0. The second-order valence-electron chi connectivity index (χ2n) is 4.42. The molecule has 4 heteroatoms. The Morgan fingerprint density at radius 1 is 1.35 bits per heavy atom. The van der Waals surface area contributed by atoms with Gasteiger partial charge in [0.15, 0.2) is 0 Å². The molecule has 96 valence electrons. The van der Waals surface area contributed by atoms with Crippen LogP contribution in [0.15, 0.2) is 22.7 Å². The Bertz CT molecular complexity index is 324. The molecule has 0 aliphatic carbocycles. The average molecular weight is 304 g/mol. The largest absolute Gasteiger partial charge is 0.380 e. The molecular weight excluding hydrogens is 285 g/mol. The van der Waals surface area contributed by atoms with Crippen LogP contribution in [0.5, 0.6) is 0 Å². The topological polar surface area (TPSA) is 21.3 Å². The lowest BCUT2D eigenvalue weighted by molar-refractivity contribution is 0.111. The summed E-state index contributed by atoms with van der Waals surface area (Å²) in [6, 6.07) is 4.90. The van der Waals surface area contributed by atoms with E-state index in [1.165, 1.54) is 12.1 Å². The number of benzene rings is 1. The lowest BCUT2D eigenvalue weighted by Gasteiger charge is -2.08. The van der Waals surface area contributed by atoms with Gasteiger partial charge in [-0.25, -0.2) is 4.39 Å². The summed E-state index contributed by atoms with van der Waals surface area (Å²) in [5.74, 6) is 0.349. The molecule has 0 saturated heterocycles. The highest BCUT2D eigenvalue weighted by molar-refractivity contribution is 9.10. The summed E-state index contributed by atoms with van der Waals surface area (Å²) in [4.78, 5) is 0. The van der Waals surface area contributed by atoms with Crippen LogP contribution in [-0.4, -0.2) is 19.8 Å². The van der Waals surface area contributed by atoms with Gasteiger partial charge < -0.3 is 10.1 Å². The zero-order valence-corrected chi connectivity index (χ0v) is 11.9. The lowest BCUT2D eigenvalue weighted by Crippen LogP contribution is -2.20. The summed E-state index contributed by atoms with van der Waals surface area (Å²) >= 11 is 3.27. The summed E-state index contributed by atoms with van der Waals surface area (Å²) in [6.45, 7) is 7.15. The molecule has 0 spiro atoms. The highest BCUT2D eigenvalue weighted by Gasteiger charge is 1.99. The van der Waals surface area contributed by atoms with E-state index in [-0.39, 0.29) is 5.82 Å². The second kappa shape index (κ2) is 7.80. The number of ether oxygens (including phenoxy) is 1. The molecule has 0 atom stereocenters. The van der Waals surface area contributed by atoms with Crippen molar-refractivity contribution >= 4 is 15.9 Å². The molecule has 0 radical (unpaired) electrons. The van der Waals surface area contributed by atoms with Crippen molar-refractivity contribution in [3.05, 3.63) is 34.1 Å². The van der Waals surface area contributed by atoms with E-state index >= 15 is 0 Å². The predicted molar refractivity (Wildman–Crippen MR) is 71.5 cm³/mol. The quantitative estimate of drug-likeness (QED) is 0.780. The molecule has 0 saturated carbocycles. The van der Waals surface area contributed by atoms with Crippen molar-refractivity contribution in [1.82, 2.24) is 5.32 Å². The van der Waals surface area contributed by atoms with E-state index in [9.17, 15) is 4.39 Å². The molecule has 0 aromatic heterocycles. The van der Waals surface area contributed by atoms with E-state index < -0.39 is 0 Å². The molecule has 0 heterocycles. The van der Waals surface area contributed by atoms with Gasteiger partial charge in [0.05, 0.1) is 6.61 Å². The minimum absolute atomic E-state index is 0.216. The summed E-state index contributed by atoms with van der Waals surface area (Å²) in [6.07, 6.45) is 0. The van der Waals surface area contributed by atoms with Crippen LogP contribution >= 0.6 is 15.9 Å². The van der Waals surface area contributed by atoms with Gasteiger partial charge in [-0.15, -0.1) is 0 Å². The number of rotatable bonds is 7. The van der Waals surface area contributed by atoms with Crippen LogP contribution < -0.4 is 5.32 Å². The first-order valence-corrected chi connectivity index (χ1v) is 6.60. The SMILES string of the molecule is CC(C)COCCNCc1cc(F)cc(Br)c1. The van der Waals surface area contributed by atoms with Gasteiger partial charge in [-0.1, -0.05) is 29.8 Å². The van der Waals surface area contributed by atoms with Crippen molar-refractivity contribution in [3.63, 3.8) is 0 Å². The summed E-state index contributed by atoms with van der Waals surface area (Å²) in [5, 5.41) is 3.22. The molecule has 1 N–H and O–H groups in total. The molecule has 1 rings (SSSR count). The Morgan fingerprint density at radius 2 is 2.12 bits per heavy atom. The van der Waals surface area contributed by atoms with Gasteiger partial charge in [0, 0.05) is 24.2 Å². The van der Waals surface area contributed by atoms with Gasteiger partial charge in [-0.2, -0.15) is 0 Å². The minimum atomic E-state index is -0.216. The Labute approximate surface area is 111 Å². The first-order valence-electron chi connectivity index (χ1n) is 5.81. The van der Waals surface area contributed by atoms with Crippen LogP contribution in [-0.2, 0) is 11.3 Å². The Kier molecular flexibility index (Phi) is 6.70. The van der Waals surface area contributed by atoms with Crippen LogP contribution in [0.1, 0.15) is 19.4 Å². The van der Waals surface area contributed by atoms with Gasteiger partial charge >= 0.3 is 0 Å². The van der Waals surface area contributed by atoms with E-state index in [0.29, 0.717) is 19.1 Å². The number of hydrogen-bond donors (Lipinski definition) is 1. The van der Waals surface area contributed by atoms with Crippen LogP contribution in [0.25, 0.3) is 0 Å². The number of halogens is 2. The third-order valence-electron chi connectivity index (χ3n) is 2.13. The van der Waals surface area contributed by atoms with Crippen molar-refractivity contribution in [2.24, 2.45) is 5.92 Å². The van der Waals surface area contributed by atoms with Crippen LogP contribution in [0, 0.1) is 11.7 Å². The summed E-state index contributed by atoms with van der Waals surface area (Å²) < 4.78 is 19.3. The fraction of sp³-hybridized carbons (Fsp3) is 0.538. The molecular formula is C13H19BrFNO. The van der Waals surface area contributed by atoms with E-state index in [4.69, 9.17) is 4.74 Å². The fourth-order valence-corrected chi connectivity index (χ4v) is 1.92. The first-order chi connectivity index (χ1) is 8.08. The maximum absolute atomic E-state index is 13.1. The van der Waals surface area contributed by atoms with E-state index in [1.807, 2.05) is 6.07 Å². The third-order valence-corrected chi connectivity index (χ3v) is 2.58. The Morgan fingerprint density at radius 3 is 2.76 bits per heavy atom. The molecule has 0 bridgehead atoms. The third kappa shape index (κ3) is 6.76. The molecule has 2 nitrogen and oxygen atoms in total. The second-order valence-corrected chi connectivity index (χ2v) is 5.34. The van der Waals surface area contributed by atoms with Crippen LogP contribution in [0.2, 0.25) is 0 Å². The normalized spacial score (nSPS) is 11.1. The van der Waals surface area contributed by atoms with Crippen LogP contribution in [0.4, 0.5) is 4.39 Å². The first kappa shape index (κ1) is 14.6. The van der Waals surface area contributed by atoms with Crippen molar-refractivity contribution < 1.29 is 9.13 Å². The van der Waals surface area contributed by atoms with Crippen molar-refractivity contribution in [3.8, 4) is 0 Å². The van der Waals surface area contributed by atoms with E-state index in [2.05, 4.69) is 35.1 Å². The maximum Gasteiger partial charge on any atom is 0.124 e. The van der Waals surface area contributed by atoms with Gasteiger partial charge in [-0.3, -0.25) is 0 Å². The average Bonchev–Trinajstić information content (AvgIpc) is 2.21. The standard InChI is InChI=1S/C13H19BrFNO/c1-10(2)9-17-4-3-16-8-11-5-12(14)7-13(15)6-11/h5-7,10,16H,3-4,8-9H2,1-2H3. The van der Waals surface area contributed by atoms with Gasteiger partial charge in [0.2, 0.25) is 0 Å². The monoisotopic (exact) mass is 303 g/mol. The molecule has 17 heavy (non-hydrogen) atoms. The molecule has 1 aromatic rings. The maximum atomic E-state index is 13.1. The lowest BCUT2D eigenvalue weighted by atomic mass is 10.2. The van der Waals surface area contributed by atoms with Gasteiger partial charge in [-0.05, 0) is 29.7 Å². The zero-order valence-electron chi connectivity index (χ0n) is 10.3. The fourth-order valence-electron chi connectivity index (χ4n) is 1.41. The van der Waals surface area contributed by atoms with Crippen molar-refractivity contribution in [2.75, 3.05) is 19.8 Å². The highest BCUT2D eigenvalue weighted by atomic mass is 79.9. The zero-order chi connectivity index (χ0) is 12.7. The predicted octanol–water partition coefficient (Wildman–Crippen LogP) is 3.35. The molecule has 0 aliphatic rings. The van der Waals surface area contributed by atoms with Gasteiger partial charge in [0.25, 0.3) is 0 Å². The molecule has 0 amide bonds.